The summed E-state index contributed by atoms with van der Waals surface area (Å²) in [5.41, 5.74) is 0.695. The van der Waals surface area contributed by atoms with E-state index in [-0.39, 0.29) is 5.91 Å². The maximum Gasteiger partial charge on any atom is 0.256 e. The number of carbonyl (C=O) groups is 1. The third kappa shape index (κ3) is 5.41. The standard InChI is InChI=1S/C19H30N2O4/c1-4-24-13-14-25-17-10-9-16(15(2)20-17)21-18(22)19(23-3)11-7-5-6-8-12-19/h9-10H,4-8,11-14H2,1-3H3,(H,21,22). The Hall–Kier alpha value is -1.66. The van der Waals surface area contributed by atoms with Crippen LogP contribution < -0.4 is 10.1 Å². The summed E-state index contributed by atoms with van der Waals surface area (Å²) in [6.45, 7) is 5.46. The molecule has 6 heteroatoms. The minimum atomic E-state index is -0.727. The van der Waals surface area contributed by atoms with Crippen molar-refractivity contribution >= 4 is 11.6 Å². The predicted molar refractivity (Wildman–Crippen MR) is 97.0 cm³/mol. The van der Waals surface area contributed by atoms with E-state index >= 15 is 0 Å². The van der Waals surface area contributed by atoms with Gasteiger partial charge in [-0.2, -0.15) is 0 Å². The zero-order valence-corrected chi connectivity index (χ0v) is 15.6. The third-order valence-electron chi connectivity index (χ3n) is 4.71. The third-order valence-corrected chi connectivity index (χ3v) is 4.71. The van der Waals surface area contributed by atoms with Gasteiger partial charge in [-0.3, -0.25) is 4.79 Å². The molecule has 1 saturated carbocycles. The Morgan fingerprint density at radius 3 is 2.52 bits per heavy atom. The zero-order valence-electron chi connectivity index (χ0n) is 15.6. The largest absolute Gasteiger partial charge is 0.475 e. The minimum absolute atomic E-state index is 0.0770. The summed E-state index contributed by atoms with van der Waals surface area (Å²) in [4.78, 5) is 17.2. The van der Waals surface area contributed by atoms with Crippen molar-refractivity contribution in [2.75, 3.05) is 32.2 Å². The van der Waals surface area contributed by atoms with E-state index in [4.69, 9.17) is 14.2 Å². The molecule has 0 atom stereocenters. The summed E-state index contributed by atoms with van der Waals surface area (Å²) < 4.78 is 16.4. The van der Waals surface area contributed by atoms with Gasteiger partial charge in [-0.15, -0.1) is 0 Å². The van der Waals surface area contributed by atoms with Gasteiger partial charge < -0.3 is 19.5 Å². The monoisotopic (exact) mass is 350 g/mol. The van der Waals surface area contributed by atoms with Gasteiger partial charge in [0, 0.05) is 19.8 Å². The molecule has 1 aromatic rings. The second-order valence-electron chi connectivity index (χ2n) is 6.39. The van der Waals surface area contributed by atoms with Crippen molar-refractivity contribution in [1.82, 2.24) is 4.98 Å². The SMILES string of the molecule is CCOCCOc1ccc(NC(=O)C2(OC)CCCCCC2)c(C)n1. The average Bonchev–Trinajstić information content (AvgIpc) is 2.87. The van der Waals surface area contributed by atoms with Crippen molar-refractivity contribution in [2.45, 2.75) is 58.0 Å². The first-order valence-electron chi connectivity index (χ1n) is 9.16. The maximum atomic E-state index is 12.8. The van der Waals surface area contributed by atoms with Crippen molar-refractivity contribution in [3.8, 4) is 5.88 Å². The number of hydrogen-bond acceptors (Lipinski definition) is 5. The topological polar surface area (TPSA) is 69.7 Å². The van der Waals surface area contributed by atoms with Gasteiger partial charge in [-0.25, -0.2) is 4.98 Å². The van der Waals surface area contributed by atoms with Gasteiger partial charge in [0.15, 0.2) is 0 Å². The van der Waals surface area contributed by atoms with E-state index in [0.717, 1.165) is 44.2 Å². The molecule has 1 amide bonds. The Morgan fingerprint density at radius 1 is 1.20 bits per heavy atom. The zero-order chi connectivity index (χ0) is 18.1. The summed E-state index contributed by atoms with van der Waals surface area (Å²) in [5.74, 6) is 0.456. The van der Waals surface area contributed by atoms with E-state index in [9.17, 15) is 4.79 Å². The van der Waals surface area contributed by atoms with Crippen molar-refractivity contribution < 1.29 is 19.0 Å². The summed E-state index contributed by atoms with van der Waals surface area (Å²) in [7, 11) is 1.63. The van der Waals surface area contributed by atoms with Gasteiger partial charge in [0.2, 0.25) is 5.88 Å². The molecular formula is C19H30N2O4. The number of pyridine rings is 1. The molecule has 1 N–H and O–H groups in total. The molecule has 0 spiro atoms. The van der Waals surface area contributed by atoms with Crippen LogP contribution in [0.25, 0.3) is 0 Å². The van der Waals surface area contributed by atoms with Crippen LogP contribution in [0.3, 0.4) is 0 Å². The molecule has 0 unspecified atom stereocenters. The number of ether oxygens (including phenoxy) is 3. The fourth-order valence-corrected chi connectivity index (χ4v) is 3.16. The lowest BCUT2D eigenvalue weighted by Gasteiger charge is -2.30. The van der Waals surface area contributed by atoms with E-state index < -0.39 is 5.60 Å². The normalized spacial score (nSPS) is 16.9. The molecule has 140 valence electrons. The Morgan fingerprint density at radius 2 is 1.92 bits per heavy atom. The van der Waals surface area contributed by atoms with Crippen molar-refractivity contribution in [2.24, 2.45) is 0 Å². The number of aromatic nitrogens is 1. The first-order valence-corrected chi connectivity index (χ1v) is 9.16. The number of hydrogen-bond donors (Lipinski definition) is 1. The van der Waals surface area contributed by atoms with E-state index in [1.807, 2.05) is 19.9 Å². The quantitative estimate of drug-likeness (QED) is 0.574. The van der Waals surface area contributed by atoms with E-state index in [2.05, 4.69) is 10.3 Å². The molecule has 1 aliphatic carbocycles. The number of rotatable bonds is 8. The van der Waals surface area contributed by atoms with Crippen LogP contribution in [0.1, 0.15) is 51.1 Å². The molecule has 1 aromatic heterocycles. The summed E-state index contributed by atoms with van der Waals surface area (Å²) in [6, 6.07) is 3.59. The molecular weight excluding hydrogens is 320 g/mol. The van der Waals surface area contributed by atoms with Crippen LogP contribution in [0, 0.1) is 6.92 Å². The van der Waals surface area contributed by atoms with Crippen LogP contribution in [0.5, 0.6) is 5.88 Å². The smallest absolute Gasteiger partial charge is 0.256 e. The van der Waals surface area contributed by atoms with E-state index in [0.29, 0.717) is 31.4 Å². The molecule has 2 rings (SSSR count). The molecule has 0 aromatic carbocycles. The Kier molecular flexibility index (Phi) is 7.65. The fourth-order valence-electron chi connectivity index (χ4n) is 3.16. The number of nitrogens with one attached hydrogen (secondary N) is 1. The van der Waals surface area contributed by atoms with Gasteiger partial charge in [-0.05, 0) is 32.8 Å². The molecule has 0 bridgehead atoms. The number of nitrogens with zero attached hydrogens (tertiary/aromatic N) is 1. The predicted octanol–water partition coefficient (Wildman–Crippen LogP) is 3.48. The van der Waals surface area contributed by atoms with Gasteiger partial charge in [-0.1, -0.05) is 25.7 Å². The lowest BCUT2D eigenvalue weighted by molar-refractivity contribution is -0.139. The van der Waals surface area contributed by atoms with Crippen molar-refractivity contribution in [3.63, 3.8) is 0 Å². The molecule has 6 nitrogen and oxygen atoms in total. The van der Waals surface area contributed by atoms with E-state index in [1.54, 1.807) is 13.2 Å². The Labute approximate surface area is 150 Å². The van der Waals surface area contributed by atoms with Crippen LogP contribution in [0.15, 0.2) is 12.1 Å². The lowest BCUT2D eigenvalue weighted by atomic mass is 9.93. The molecule has 1 aliphatic rings. The second kappa shape index (κ2) is 9.73. The van der Waals surface area contributed by atoms with Crippen LogP contribution in [0.2, 0.25) is 0 Å². The molecule has 0 aliphatic heterocycles. The highest BCUT2D eigenvalue weighted by Gasteiger charge is 2.38. The summed E-state index contributed by atoms with van der Waals surface area (Å²) in [6.07, 6.45) is 5.89. The van der Waals surface area contributed by atoms with Gasteiger partial charge in [0.05, 0.1) is 18.0 Å². The minimum Gasteiger partial charge on any atom is -0.475 e. The number of amides is 1. The lowest BCUT2D eigenvalue weighted by Crippen LogP contribution is -2.44. The maximum absolute atomic E-state index is 12.8. The second-order valence-corrected chi connectivity index (χ2v) is 6.39. The van der Waals surface area contributed by atoms with Gasteiger partial charge >= 0.3 is 0 Å². The van der Waals surface area contributed by atoms with Crippen LogP contribution in [-0.2, 0) is 14.3 Å². The van der Waals surface area contributed by atoms with E-state index in [1.165, 1.54) is 0 Å². The summed E-state index contributed by atoms with van der Waals surface area (Å²) in [5, 5.41) is 3.00. The highest BCUT2D eigenvalue weighted by atomic mass is 16.5. The number of carbonyl (C=O) groups excluding carboxylic acids is 1. The fraction of sp³-hybridized carbons (Fsp3) is 0.684. The average molecular weight is 350 g/mol. The number of aryl methyl sites for hydroxylation is 1. The van der Waals surface area contributed by atoms with Gasteiger partial charge in [0.1, 0.15) is 12.2 Å². The van der Waals surface area contributed by atoms with Crippen LogP contribution in [-0.4, -0.2) is 43.4 Å². The highest BCUT2D eigenvalue weighted by Crippen LogP contribution is 2.31. The van der Waals surface area contributed by atoms with Crippen LogP contribution >= 0.6 is 0 Å². The van der Waals surface area contributed by atoms with Crippen molar-refractivity contribution in [1.29, 1.82) is 0 Å². The highest BCUT2D eigenvalue weighted by molar-refractivity contribution is 5.97. The molecule has 1 fully saturated rings. The number of methoxy groups -OCH3 is 1. The van der Waals surface area contributed by atoms with Gasteiger partial charge in [0.25, 0.3) is 5.91 Å². The first-order chi connectivity index (χ1) is 12.1. The number of anilines is 1. The van der Waals surface area contributed by atoms with Crippen LogP contribution in [0.4, 0.5) is 5.69 Å². The van der Waals surface area contributed by atoms with Crippen molar-refractivity contribution in [3.05, 3.63) is 17.8 Å². The summed E-state index contributed by atoms with van der Waals surface area (Å²) >= 11 is 0. The molecule has 0 saturated heterocycles. The Bertz CT molecular complexity index is 554. The first kappa shape index (κ1) is 19.7. The Balaban J connectivity index is 1.99. The molecule has 1 heterocycles. The molecule has 25 heavy (non-hydrogen) atoms. The molecule has 0 radical (unpaired) electrons.